The number of hydrogen-bond donors (Lipinski definition) is 3. The number of nitrogens with zero attached hydrogens (tertiary/aromatic N) is 3. The largest absolute Gasteiger partial charge is 0.511 e. The average molecular weight is 713 g/mol. The van der Waals surface area contributed by atoms with E-state index in [2.05, 4.69) is 15.0 Å². The van der Waals surface area contributed by atoms with Crippen molar-refractivity contribution in [2.75, 3.05) is 13.3 Å². The summed E-state index contributed by atoms with van der Waals surface area (Å²) in [5, 5.41) is 6.60. The van der Waals surface area contributed by atoms with E-state index in [1.807, 2.05) is 6.92 Å². The number of aromatic nitrogens is 1. The fourth-order valence-electron chi connectivity index (χ4n) is 6.06. The van der Waals surface area contributed by atoms with Crippen LogP contribution in [0.25, 0.3) is 0 Å². The van der Waals surface area contributed by atoms with Gasteiger partial charge in [0.25, 0.3) is 11.8 Å². The topological polar surface area (TPSA) is 205 Å². The minimum atomic E-state index is -4.89. The van der Waals surface area contributed by atoms with Crippen molar-refractivity contribution in [2.24, 2.45) is 5.16 Å². The highest BCUT2D eigenvalue weighted by atomic mass is 31.2. The van der Waals surface area contributed by atoms with Crippen molar-refractivity contribution in [2.45, 2.75) is 83.4 Å². The number of ether oxygens (including phenoxy) is 3. The fraction of sp³-hybridized carbons (Fsp3) is 0.500. The maximum absolute atomic E-state index is 14.3. The Hall–Kier alpha value is -4.38. The minimum absolute atomic E-state index is 0.0551. The van der Waals surface area contributed by atoms with Crippen molar-refractivity contribution in [1.82, 2.24) is 14.8 Å². The van der Waals surface area contributed by atoms with Crippen LogP contribution in [0.4, 0.5) is 13.6 Å². The predicted molar refractivity (Wildman–Crippen MR) is 164 cm³/mol. The number of fused-ring (bicyclic) bond motifs is 5. The molecule has 16 nitrogen and oxygen atoms in total. The molecule has 5 atom stereocenters. The number of carbonyl (C=O) groups is 3. The Labute approximate surface area is 278 Å². The van der Waals surface area contributed by atoms with Gasteiger partial charge in [-0.05, 0) is 46.6 Å². The quantitative estimate of drug-likeness (QED) is 0.185. The molecular formula is C30H35F2N4O12P. The summed E-state index contributed by atoms with van der Waals surface area (Å²) in [5.74, 6) is -3.91. The molecule has 0 saturated carbocycles. The predicted octanol–water partition coefficient (Wildman–Crippen LogP) is 3.15. The molecule has 5 rings (SSSR count). The van der Waals surface area contributed by atoms with Crippen molar-refractivity contribution in [3.05, 3.63) is 63.1 Å². The molecule has 1 aromatic heterocycles. The Morgan fingerprint density at radius 3 is 2.61 bits per heavy atom. The van der Waals surface area contributed by atoms with Gasteiger partial charge in [0.1, 0.15) is 29.4 Å². The van der Waals surface area contributed by atoms with Crippen LogP contribution in [-0.2, 0) is 29.9 Å². The highest BCUT2D eigenvalue weighted by molar-refractivity contribution is 7.46. The number of hydrogen-bond acceptors (Lipinski definition) is 11. The standard InChI is InChI=1S/C30H35F2N4O12P/c1-15-10-30(48-34-15)8-7-16(2)35-13-23(30)36-12-21(27(38)33-11-19-5-6-20(31)9-22(19)32)25(37)26(24(36)28(35)39)44-14-45-29(40)46-17(3)18(4)47-49(41,42)43/h5-6,9,12,16-18,23H,7-8,10-11,13-14H2,1-4H3,(H,33,38)(H2,41,42,43)/t16-,17-,18-,23?,30-/m0/s1. The molecule has 19 heteroatoms. The maximum atomic E-state index is 14.3. The molecule has 3 aliphatic rings. The lowest BCUT2D eigenvalue weighted by Crippen LogP contribution is -2.52. The second-order valence-corrected chi connectivity index (χ2v) is 13.4. The molecule has 1 saturated heterocycles. The van der Waals surface area contributed by atoms with Gasteiger partial charge in [0.2, 0.25) is 18.0 Å². The molecule has 2 aromatic rings. The number of amides is 2. The van der Waals surface area contributed by atoms with Crippen LogP contribution >= 0.6 is 7.82 Å². The number of nitrogens with one attached hydrogen (secondary N) is 1. The van der Waals surface area contributed by atoms with Gasteiger partial charge in [0.15, 0.2) is 11.3 Å². The van der Waals surface area contributed by atoms with Crippen LogP contribution in [0, 0.1) is 11.6 Å². The van der Waals surface area contributed by atoms with Gasteiger partial charge in [-0.2, -0.15) is 0 Å². The van der Waals surface area contributed by atoms with E-state index >= 15 is 0 Å². The van der Waals surface area contributed by atoms with E-state index in [0.29, 0.717) is 31.0 Å². The van der Waals surface area contributed by atoms with Crippen molar-refractivity contribution in [3.8, 4) is 5.75 Å². The lowest BCUT2D eigenvalue weighted by molar-refractivity contribution is -0.0659. The number of halogens is 2. The molecule has 1 unspecified atom stereocenters. The number of oxime groups is 1. The minimum Gasteiger partial charge on any atom is -0.451 e. The monoisotopic (exact) mass is 712 g/mol. The Morgan fingerprint density at radius 1 is 1.22 bits per heavy atom. The highest BCUT2D eigenvalue weighted by Crippen LogP contribution is 2.46. The van der Waals surface area contributed by atoms with Crippen LogP contribution in [-0.4, -0.2) is 80.1 Å². The first-order valence-corrected chi connectivity index (χ1v) is 16.8. The second kappa shape index (κ2) is 13.9. The van der Waals surface area contributed by atoms with Crippen LogP contribution in [0.1, 0.15) is 79.4 Å². The van der Waals surface area contributed by atoms with E-state index in [-0.39, 0.29) is 23.8 Å². The zero-order valence-corrected chi connectivity index (χ0v) is 27.8. The second-order valence-electron chi connectivity index (χ2n) is 12.2. The van der Waals surface area contributed by atoms with Gasteiger partial charge in [-0.3, -0.25) is 18.9 Å². The summed E-state index contributed by atoms with van der Waals surface area (Å²) in [6.07, 6.45) is -1.17. The zero-order valence-electron chi connectivity index (χ0n) is 26.9. The lowest BCUT2D eigenvalue weighted by atomic mass is 9.84. The molecule has 2 bridgehead atoms. The van der Waals surface area contributed by atoms with Crippen molar-refractivity contribution in [3.63, 3.8) is 0 Å². The summed E-state index contributed by atoms with van der Waals surface area (Å²) in [4.78, 5) is 79.2. The third kappa shape index (κ3) is 7.61. The molecule has 266 valence electrons. The van der Waals surface area contributed by atoms with Crippen molar-refractivity contribution < 1.29 is 61.1 Å². The van der Waals surface area contributed by atoms with Gasteiger partial charge in [-0.15, -0.1) is 0 Å². The normalized spacial score (nSPS) is 22.7. The number of phosphoric ester groups is 1. The van der Waals surface area contributed by atoms with Gasteiger partial charge in [0.05, 0.1) is 11.8 Å². The van der Waals surface area contributed by atoms with E-state index in [9.17, 15) is 32.5 Å². The number of benzene rings is 1. The van der Waals surface area contributed by atoms with Gasteiger partial charge < -0.3 is 43.6 Å². The molecule has 3 aliphatic heterocycles. The average Bonchev–Trinajstić information content (AvgIpc) is 3.34. The Kier molecular flexibility index (Phi) is 10.2. The van der Waals surface area contributed by atoms with E-state index in [4.69, 9.17) is 28.8 Å². The van der Waals surface area contributed by atoms with Crippen molar-refractivity contribution >= 4 is 31.5 Å². The number of pyridine rings is 1. The molecule has 3 N–H and O–H groups in total. The highest BCUT2D eigenvalue weighted by Gasteiger charge is 2.54. The third-order valence-corrected chi connectivity index (χ3v) is 9.36. The Bertz CT molecular complexity index is 1800. The first-order valence-electron chi connectivity index (χ1n) is 15.2. The molecule has 4 heterocycles. The van der Waals surface area contributed by atoms with E-state index in [0.717, 1.165) is 12.1 Å². The summed E-state index contributed by atoms with van der Waals surface area (Å²) in [7, 11) is -4.89. The summed E-state index contributed by atoms with van der Waals surface area (Å²) in [6, 6.07) is 1.86. The maximum Gasteiger partial charge on any atom is 0.511 e. The lowest BCUT2D eigenvalue weighted by Gasteiger charge is -2.42. The molecule has 1 spiro atoms. The van der Waals surface area contributed by atoms with Crippen LogP contribution in [0.15, 0.2) is 34.3 Å². The zero-order chi connectivity index (χ0) is 35.8. The Balaban J connectivity index is 1.48. The van der Waals surface area contributed by atoms with Crippen molar-refractivity contribution in [1.29, 1.82) is 0 Å². The van der Waals surface area contributed by atoms with Gasteiger partial charge in [0, 0.05) is 43.4 Å². The van der Waals surface area contributed by atoms with Gasteiger partial charge >= 0.3 is 14.0 Å². The van der Waals surface area contributed by atoms with E-state index in [1.54, 1.807) is 11.8 Å². The SMILES string of the molecule is CC1=NO[C@@]2(CC[C@H](C)N3CC2n2cc(C(=O)NCc4ccc(F)cc4F)c(=O)c(OCOC(=O)O[C@@H](C)[C@H](C)OP(=O)(O)O)c2C3=O)C1. The molecular weight excluding hydrogens is 677 g/mol. The van der Waals surface area contributed by atoms with Crippen LogP contribution in [0.3, 0.4) is 0 Å². The molecule has 0 aliphatic carbocycles. The summed E-state index contributed by atoms with van der Waals surface area (Å²) in [5.41, 5.74) is -2.07. The fourth-order valence-corrected chi connectivity index (χ4v) is 6.67. The Morgan fingerprint density at radius 2 is 1.96 bits per heavy atom. The van der Waals surface area contributed by atoms with Gasteiger partial charge in [-0.25, -0.2) is 18.1 Å². The number of rotatable bonds is 10. The van der Waals surface area contributed by atoms with Gasteiger partial charge in [-0.1, -0.05) is 11.2 Å². The molecule has 1 aromatic carbocycles. The molecule has 49 heavy (non-hydrogen) atoms. The number of carbonyl (C=O) groups excluding carboxylic acids is 3. The van der Waals surface area contributed by atoms with E-state index < -0.39 is 91.4 Å². The summed E-state index contributed by atoms with van der Waals surface area (Å²) >= 11 is 0. The summed E-state index contributed by atoms with van der Waals surface area (Å²) in [6.45, 7) is 4.93. The first-order chi connectivity index (χ1) is 23.0. The molecule has 0 radical (unpaired) electrons. The number of phosphoric acid groups is 1. The summed E-state index contributed by atoms with van der Waals surface area (Å²) < 4.78 is 60.2. The molecule has 1 fully saturated rings. The first kappa shape index (κ1) is 35.9. The van der Waals surface area contributed by atoms with E-state index in [1.165, 1.54) is 24.6 Å². The van der Waals surface area contributed by atoms with Crippen LogP contribution in [0.2, 0.25) is 0 Å². The van der Waals surface area contributed by atoms with Crippen LogP contribution < -0.4 is 15.5 Å². The smallest absolute Gasteiger partial charge is 0.451 e. The molecule has 2 amide bonds. The third-order valence-electron chi connectivity index (χ3n) is 8.75. The van der Waals surface area contributed by atoms with Crippen LogP contribution in [0.5, 0.6) is 5.75 Å².